The van der Waals surface area contributed by atoms with Gasteiger partial charge in [-0.15, -0.1) is 0 Å². The number of aryl methyl sites for hydroxylation is 1. The van der Waals surface area contributed by atoms with E-state index in [-0.39, 0.29) is 11.9 Å². The van der Waals surface area contributed by atoms with Gasteiger partial charge in [0.2, 0.25) is 0 Å². The third-order valence-corrected chi connectivity index (χ3v) is 6.96. The lowest BCUT2D eigenvalue weighted by atomic mass is 9.97. The molecule has 0 saturated heterocycles. The molecule has 0 spiro atoms. The lowest BCUT2D eigenvalue weighted by molar-refractivity contribution is -0.135. The van der Waals surface area contributed by atoms with Crippen LogP contribution in [0.5, 0.6) is 11.5 Å². The molecule has 0 atom stereocenters. The zero-order valence-corrected chi connectivity index (χ0v) is 23.1. The predicted molar refractivity (Wildman–Crippen MR) is 153 cm³/mol. The zero-order valence-electron chi connectivity index (χ0n) is 23.1. The summed E-state index contributed by atoms with van der Waals surface area (Å²) in [5.41, 5.74) is 1.20. The topological polar surface area (TPSA) is 52.6 Å². The van der Waals surface area contributed by atoms with Crippen molar-refractivity contribution in [3.63, 3.8) is 0 Å². The van der Waals surface area contributed by atoms with E-state index in [4.69, 9.17) is 9.47 Å². The fourth-order valence-electron chi connectivity index (χ4n) is 4.82. The molecule has 0 aliphatic carbocycles. The Hall–Kier alpha value is -2.88. The molecule has 0 aliphatic heterocycles. The van der Waals surface area contributed by atoms with Crippen molar-refractivity contribution < 1.29 is 19.1 Å². The highest BCUT2D eigenvalue weighted by atomic mass is 16.5. The third-order valence-electron chi connectivity index (χ3n) is 6.96. The molecule has 0 aromatic heterocycles. The molecule has 0 N–H and O–H groups in total. The van der Waals surface area contributed by atoms with E-state index in [1.54, 1.807) is 0 Å². The number of carbonyl (C=O) groups is 2. The van der Waals surface area contributed by atoms with Gasteiger partial charge < -0.3 is 9.47 Å². The van der Waals surface area contributed by atoms with Gasteiger partial charge >= 0.3 is 11.9 Å². The summed E-state index contributed by atoms with van der Waals surface area (Å²) < 4.78 is 12.1. The quantitative estimate of drug-likeness (QED) is 0.0843. The van der Waals surface area contributed by atoms with E-state index < -0.39 is 0 Å². The Morgan fingerprint density at radius 2 is 1.05 bits per heavy atom. The number of carbonyl (C=O) groups excluding carboxylic acids is 2. The van der Waals surface area contributed by atoms with Crippen molar-refractivity contribution in [3.8, 4) is 11.5 Å². The van der Waals surface area contributed by atoms with Crippen molar-refractivity contribution in [3.05, 3.63) is 48.0 Å². The first-order valence-corrected chi connectivity index (χ1v) is 14.5. The molecule has 37 heavy (non-hydrogen) atoms. The Morgan fingerprint density at radius 3 is 1.59 bits per heavy atom. The smallest absolute Gasteiger partial charge is 0.311 e. The van der Waals surface area contributed by atoms with Crippen molar-refractivity contribution in [2.45, 2.75) is 111 Å². The van der Waals surface area contributed by atoms with Crippen LogP contribution in [0.25, 0.3) is 21.5 Å². The first-order valence-electron chi connectivity index (χ1n) is 14.5. The number of benzene rings is 3. The van der Waals surface area contributed by atoms with E-state index in [0.29, 0.717) is 24.3 Å². The number of ether oxygens (including phenoxy) is 2. The molecule has 0 bridgehead atoms. The van der Waals surface area contributed by atoms with Crippen molar-refractivity contribution in [1.82, 2.24) is 0 Å². The number of unbranched alkanes of at least 4 members (excludes halogenated alkanes) is 8. The van der Waals surface area contributed by atoms with E-state index >= 15 is 0 Å². The number of esters is 2. The maximum atomic E-state index is 12.9. The first kappa shape index (κ1) is 28.7. The molecule has 0 heterocycles. The van der Waals surface area contributed by atoms with Gasteiger partial charge in [-0.1, -0.05) is 109 Å². The monoisotopic (exact) mass is 504 g/mol. The van der Waals surface area contributed by atoms with Crippen LogP contribution in [0.4, 0.5) is 0 Å². The van der Waals surface area contributed by atoms with E-state index in [0.717, 1.165) is 92.2 Å². The van der Waals surface area contributed by atoms with Crippen molar-refractivity contribution >= 4 is 33.5 Å². The Balaban J connectivity index is 2.01. The SMILES string of the molecule is CCCCCCC(=O)Oc1c2ccccc2c(OC(=O)CCCCCC)c2cc(CCCCC)ccc12. The maximum Gasteiger partial charge on any atom is 0.311 e. The van der Waals surface area contributed by atoms with Crippen molar-refractivity contribution in [2.24, 2.45) is 0 Å². The van der Waals surface area contributed by atoms with Crippen LogP contribution >= 0.6 is 0 Å². The van der Waals surface area contributed by atoms with Gasteiger partial charge in [-0.05, 0) is 37.3 Å². The molecule has 3 aromatic carbocycles. The predicted octanol–water partition coefficient (Wildman–Crippen LogP) is 9.48. The summed E-state index contributed by atoms with van der Waals surface area (Å²) in [7, 11) is 0. The summed E-state index contributed by atoms with van der Waals surface area (Å²) in [4.78, 5) is 25.7. The van der Waals surface area contributed by atoms with E-state index in [2.05, 4.69) is 32.9 Å². The Bertz CT molecular complexity index is 1160. The van der Waals surface area contributed by atoms with Crippen molar-refractivity contribution in [2.75, 3.05) is 0 Å². The van der Waals surface area contributed by atoms with Crippen LogP contribution in [0.3, 0.4) is 0 Å². The average Bonchev–Trinajstić information content (AvgIpc) is 2.91. The minimum Gasteiger partial charge on any atom is -0.425 e. The largest absolute Gasteiger partial charge is 0.425 e. The lowest BCUT2D eigenvalue weighted by Crippen LogP contribution is -2.11. The van der Waals surface area contributed by atoms with Crippen LogP contribution in [-0.2, 0) is 16.0 Å². The lowest BCUT2D eigenvalue weighted by Gasteiger charge is -2.17. The van der Waals surface area contributed by atoms with Crippen LogP contribution in [0.1, 0.15) is 110 Å². The fourth-order valence-corrected chi connectivity index (χ4v) is 4.82. The van der Waals surface area contributed by atoms with Gasteiger partial charge in [0.15, 0.2) is 0 Å². The van der Waals surface area contributed by atoms with Crippen LogP contribution in [0.2, 0.25) is 0 Å². The molecule has 0 saturated carbocycles. The summed E-state index contributed by atoms with van der Waals surface area (Å²) in [6.07, 6.45) is 13.5. The molecule has 4 heteroatoms. The maximum absolute atomic E-state index is 12.9. The van der Waals surface area contributed by atoms with Crippen LogP contribution in [0, 0.1) is 0 Å². The van der Waals surface area contributed by atoms with Gasteiger partial charge in [-0.3, -0.25) is 9.59 Å². The highest BCUT2D eigenvalue weighted by Gasteiger charge is 2.20. The van der Waals surface area contributed by atoms with Crippen LogP contribution < -0.4 is 9.47 Å². The normalized spacial score (nSPS) is 11.2. The molecule has 0 aliphatic rings. The molecule has 0 unspecified atom stereocenters. The van der Waals surface area contributed by atoms with Gasteiger partial charge in [-0.2, -0.15) is 0 Å². The highest BCUT2D eigenvalue weighted by Crippen LogP contribution is 2.43. The van der Waals surface area contributed by atoms with Gasteiger partial charge in [0.25, 0.3) is 0 Å². The molecule has 3 rings (SSSR count). The second-order valence-corrected chi connectivity index (χ2v) is 10.1. The second kappa shape index (κ2) is 15.4. The minimum absolute atomic E-state index is 0.209. The molecule has 3 aromatic rings. The number of rotatable bonds is 16. The van der Waals surface area contributed by atoms with E-state index in [9.17, 15) is 9.59 Å². The average molecular weight is 505 g/mol. The van der Waals surface area contributed by atoms with E-state index in [1.165, 1.54) is 12.0 Å². The molecule has 0 radical (unpaired) electrons. The first-order chi connectivity index (χ1) is 18.1. The molecule has 4 nitrogen and oxygen atoms in total. The molecule has 200 valence electrons. The van der Waals surface area contributed by atoms with Crippen LogP contribution in [-0.4, -0.2) is 11.9 Å². The second-order valence-electron chi connectivity index (χ2n) is 10.1. The Kier molecular flexibility index (Phi) is 11.9. The summed E-state index contributed by atoms with van der Waals surface area (Å²) >= 11 is 0. The number of hydrogen-bond acceptors (Lipinski definition) is 4. The van der Waals surface area contributed by atoms with Crippen molar-refractivity contribution in [1.29, 1.82) is 0 Å². The van der Waals surface area contributed by atoms with E-state index in [1.807, 2.05) is 30.3 Å². The van der Waals surface area contributed by atoms with Gasteiger partial charge in [0, 0.05) is 34.4 Å². The number of hydrogen-bond donors (Lipinski definition) is 0. The Morgan fingerprint density at radius 1 is 0.568 bits per heavy atom. The summed E-state index contributed by atoms with van der Waals surface area (Å²) in [6, 6.07) is 14.0. The summed E-state index contributed by atoms with van der Waals surface area (Å²) in [5, 5.41) is 3.25. The fraction of sp³-hybridized carbons (Fsp3) is 0.515. The molecule has 0 amide bonds. The van der Waals surface area contributed by atoms with Gasteiger partial charge in [0.05, 0.1) is 0 Å². The molecule has 0 fully saturated rings. The summed E-state index contributed by atoms with van der Waals surface area (Å²) in [5.74, 6) is 0.718. The van der Waals surface area contributed by atoms with Crippen LogP contribution in [0.15, 0.2) is 42.5 Å². The summed E-state index contributed by atoms with van der Waals surface area (Å²) in [6.45, 7) is 6.52. The number of fused-ring (bicyclic) bond motifs is 2. The minimum atomic E-state index is -0.213. The standard InChI is InChI=1S/C33H44O4/c1-4-7-10-13-20-30(34)36-32-26-18-15-16-19-27(26)33(37-31(35)21-14-11-8-5-2)29-24-25(17-12-9-6-3)22-23-28(29)32/h15-16,18-19,22-24H,4-14,17,20-21H2,1-3H3. The van der Waals surface area contributed by atoms with Gasteiger partial charge in [0.1, 0.15) is 11.5 Å². The third kappa shape index (κ3) is 8.31. The van der Waals surface area contributed by atoms with Gasteiger partial charge in [-0.25, -0.2) is 0 Å². The Labute approximate surface area is 222 Å². The highest BCUT2D eigenvalue weighted by molar-refractivity contribution is 6.12. The zero-order chi connectivity index (χ0) is 26.5. The molecular formula is C33H44O4. The molecular weight excluding hydrogens is 460 g/mol.